The molecule has 1 N–H and O–H groups in total. The van der Waals surface area contributed by atoms with Crippen LogP contribution in [0.2, 0.25) is 0 Å². The molecule has 0 saturated carbocycles. The molecule has 1 aromatic carbocycles. The van der Waals surface area contributed by atoms with Crippen molar-refractivity contribution in [1.82, 2.24) is 14.7 Å². The third kappa shape index (κ3) is 3.35. The van der Waals surface area contributed by atoms with Gasteiger partial charge in [-0.25, -0.2) is 4.98 Å². The van der Waals surface area contributed by atoms with Crippen LogP contribution in [-0.2, 0) is 4.79 Å². The predicted octanol–water partition coefficient (Wildman–Crippen LogP) is 2.30. The Morgan fingerprint density at radius 1 is 1.33 bits per heavy atom. The number of hydrogen-bond donors (Lipinski definition) is 1. The van der Waals surface area contributed by atoms with Crippen molar-refractivity contribution in [2.24, 2.45) is 0 Å². The number of carbonyl (C=O) groups excluding carboxylic acids is 1. The van der Waals surface area contributed by atoms with Crippen LogP contribution in [0.3, 0.4) is 0 Å². The van der Waals surface area contributed by atoms with Crippen LogP contribution in [0.1, 0.15) is 25.1 Å². The van der Waals surface area contributed by atoms with Crippen LogP contribution in [0.15, 0.2) is 33.8 Å². The molecule has 2 heterocycles. The highest BCUT2D eigenvalue weighted by Crippen LogP contribution is 2.29. The van der Waals surface area contributed by atoms with E-state index < -0.39 is 6.04 Å². The number of benzene rings is 1. The van der Waals surface area contributed by atoms with Crippen LogP contribution in [0.4, 0.5) is 5.69 Å². The summed E-state index contributed by atoms with van der Waals surface area (Å²) in [6.45, 7) is 3.46. The van der Waals surface area contributed by atoms with Gasteiger partial charge < -0.3 is 19.3 Å². The Hall–Kier alpha value is -3.36. The summed E-state index contributed by atoms with van der Waals surface area (Å²) >= 11 is 0. The number of fused-ring (bicyclic) bond motifs is 1. The van der Waals surface area contributed by atoms with Gasteiger partial charge in [-0.1, -0.05) is 12.1 Å². The smallest absolute Gasteiger partial charge is 0.267 e. The molecule has 0 spiro atoms. The van der Waals surface area contributed by atoms with Crippen LogP contribution in [0.25, 0.3) is 11.1 Å². The summed E-state index contributed by atoms with van der Waals surface area (Å²) in [5.74, 6) is 0.677. The lowest BCUT2D eigenvalue weighted by Gasteiger charge is -2.18. The number of carbonyl (C=O) groups is 1. The van der Waals surface area contributed by atoms with Gasteiger partial charge in [-0.05, 0) is 25.5 Å². The fraction of sp³-hybridized carbons (Fsp3) is 0.333. The summed E-state index contributed by atoms with van der Waals surface area (Å²) in [4.78, 5) is 29.8. The van der Waals surface area contributed by atoms with Gasteiger partial charge in [-0.2, -0.15) is 0 Å². The van der Waals surface area contributed by atoms with E-state index in [0.717, 1.165) is 0 Å². The third-order valence-corrected chi connectivity index (χ3v) is 4.28. The van der Waals surface area contributed by atoms with Gasteiger partial charge in [-0.15, -0.1) is 0 Å². The molecule has 0 radical (unpaired) electrons. The highest BCUT2D eigenvalue weighted by atomic mass is 16.5. The number of rotatable bonds is 6. The molecule has 0 aliphatic rings. The number of nitrogens with one attached hydrogen (secondary N) is 1. The standard InChI is InChI=1S/C18H20N4O5/c1-5-13(22-9-19-17-15(18(22)24)10(2)21-27-17)16(23)20-12-8-11(25-3)6-7-14(12)26-4/h6-9,13H,5H2,1-4H3,(H,20,23)/t13-/m1/s1. The molecule has 3 rings (SSSR count). The SMILES string of the molecule is CC[C@H](C(=O)Nc1cc(OC)ccc1OC)n1cnc2onc(C)c2c1=O. The minimum atomic E-state index is -0.764. The van der Waals surface area contributed by atoms with Crippen molar-refractivity contribution >= 4 is 22.7 Å². The first kappa shape index (κ1) is 18.4. The predicted molar refractivity (Wildman–Crippen MR) is 98.3 cm³/mol. The Labute approximate surface area is 154 Å². The minimum Gasteiger partial charge on any atom is -0.497 e. The maximum atomic E-state index is 12.9. The largest absolute Gasteiger partial charge is 0.497 e. The van der Waals surface area contributed by atoms with Crippen LogP contribution in [0, 0.1) is 6.92 Å². The van der Waals surface area contributed by atoms with E-state index in [1.54, 1.807) is 25.1 Å². The maximum absolute atomic E-state index is 12.9. The quantitative estimate of drug-likeness (QED) is 0.707. The summed E-state index contributed by atoms with van der Waals surface area (Å²) in [6, 6.07) is 4.30. The van der Waals surface area contributed by atoms with Crippen molar-refractivity contribution in [3.8, 4) is 11.5 Å². The molecule has 0 fully saturated rings. The molecular weight excluding hydrogens is 352 g/mol. The van der Waals surface area contributed by atoms with Crippen molar-refractivity contribution in [2.45, 2.75) is 26.3 Å². The van der Waals surface area contributed by atoms with Gasteiger partial charge in [0.25, 0.3) is 11.3 Å². The third-order valence-electron chi connectivity index (χ3n) is 4.28. The van der Waals surface area contributed by atoms with E-state index in [1.165, 1.54) is 25.1 Å². The molecule has 3 aromatic rings. The first-order valence-electron chi connectivity index (χ1n) is 8.36. The van der Waals surface area contributed by atoms with Gasteiger partial charge in [-0.3, -0.25) is 14.2 Å². The van der Waals surface area contributed by atoms with E-state index in [0.29, 0.717) is 29.3 Å². The molecule has 0 saturated heterocycles. The first-order chi connectivity index (χ1) is 13.0. The second-order valence-electron chi connectivity index (χ2n) is 5.88. The summed E-state index contributed by atoms with van der Waals surface area (Å²) in [5, 5.41) is 6.82. The molecule has 0 aliphatic carbocycles. The van der Waals surface area contributed by atoms with E-state index in [2.05, 4.69) is 15.5 Å². The molecule has 9 heteroatoms. The minimum absolute atomic E-state index is 0.151. The Morgan fingerprint density at radius 3 is 2.78 bits per heavy atom. The number of aryl methyl sites for hydroxylation is 1. The van der Waals surface area contributed by atoms with Crippen LogP contribution in [-0.4, -0.2) is 34.8 Å². The van der Waals surface area contributed by atoms with Crippen molar-refractivity contribution in [1.29, 1.82) is 0 Å². The van der Waals surface area contributed by atoms with E-state index >= 15 is 0 Å². The molecule has 0 bridgehead atoms. The second-order valence-corrected chi connectivity index (χ2v) is 5.88. The first-order valence-corrected chi connectivity index (χ1v) is 8.36. The van der Waals surface area contributed by atoms with E-state index in [9.17, 15) is 9.59 Å². The number of anilines is 1. The van der Waals surface area contributed by atoms with Gasteiger partial charge in [0.1, 0.15) is 29.3 Å². The maximum Gasteiger partial charge on any atom is 0.267 e. The van der Waals surface area contributed by atoms with Crippen molar-refractivity contribution in [3.63, 3.8) is 0 Å². The summed E-state index contributed by atoms with van der Waals surface area (Å²) in [6.07, 6.45) is 1.68. The Morgan fingerprint density at radius 2 is 2.11 bits per heavy atom. The second kappa shape index (κ2) is 7.48. The highest BCUT2D eigenvalue weighted by Gasteiger charge is 2.24. The number of ether oxygens (including phenoxy) is 2. The van der Waals surface area contributed by atoms with Gasteiger partial charge >= 0.3 is 0 Å². The summed E-state index contributed by atoms with van der Waals surface area (Å²) in [7, 11) is 3.04. The van der Waals surface area contributed by atoms with Gasteiger partial charge in [0.05, 0.1) is 25.6 Å². The van der Waals surface area contributed by atoms with Gasteiger partial charge in [0, 0.05) is 6.07 Å². The zero-order valence-electron chi connectivity index (χ0n) is 15.5. The normalized spacial score (nSPS) is 12.0. The fourth-order valence-corrected chi connectivity index (χ4v) is 2.85. The highest BCUT2D eigenvalue weighted by molar-refractivity contribution is 5.95. The van der Waals surface area contributed by atoms with Crippen molar-refractivity contribution in [2.75, 3.05) is 19.5 Å². The number of amides is 1. The summed E-state index contributed by atoms with van der Waals surface area (Å²) in [5.41, 5.74) is 0.655. The van der Waals surface area contributed by atoms with Crippen LogP contribution in [0.5, 0.6) is 11.5 Å². The molecule has 0 unspecified atom stereocenters. The molecule has 142 valence electrons. The van der Waals surface area contributed by atoms with Gasteiger partial charge in [0.15, 0.2) is 0 Å². The average molecular weight is 372 g/mol. The van der Waals surface area contributed by atoms with Crippen molar-refractivity contribution in [3.05, 3.63) is 40.6 Å². The summed E-state index contributed by atoms with van der Waals surface area (Å²) < 4.78 is 16.8. The Balaban J connectivity index is 1.97. The monoisotopic (exact) mass is 372 g/mol. The number of nitrogens with zero attached hydrogens (tertiary/aromatic N) is 3. The fourth-order valence-electron chi connectivity index (χ4n) is 2.85. The van der Waals surface area contributed by atoms with E-state index in [1.807, 2.05) is 6.92 Å². The molecule has 9 nitrogen and oxygen atoms in total. The molecular formula is C18H20N4O5. The molecule has 0 aliphatic heterocycles. The number of aromatic nitrogens is 3. The van der Waals surface area contributed by atoms with E-state index in [4.69, 9.17) is 14.0 Å². The van der Waals surface area contributed by atoms with Crippen LogP contribution < -0.4 is 20.3 Å². The zero-order chi connectivity index (χ0) is 19.6. The van der Waals surface area contributed by atoms with Crippen LogP contribution >= 0.6 is 0 Å². The Bertz CT molecular complexity index is 1040. The van der Waals surface area contributed by atoms with Gasteiger partial charge in [0.2, 0.25) is 5.91 Å². The Kier molecular flexibility index (Phi) is 5.11. The van der Waals surface area contributed by atoms with Crippen molar-refractivity contribution < 1.29 is 18.8 Å². The number of hydrogen-bond acceptors (Lipinski definition) is 7. The topological polar surface area (TPSA) is 108 Å². The lowest BCUT2D eigenvalue weighted by molar-refractivity contribution is -0.119. The lowest BCUT2D eigenvalue weighted by atomic mass is 10.2. The number of methoxy groups -OCH3 is 2. The molecule has 1 atom stereocenters. The van der Waals surface area contributed by atoms with E-state index in [-0.39, 0.29) is 22.6 Å². The molecule has 2 aromatic heterocycles. The zero-order valence-corrected chi connectivity index (χ0v) is 15.5. The average Bonchev–Trinajstić information content (AvgIpc) is 3.05. The molecule has 27 heavy (non-hydrogen) atoms. The lowest BCUT2D eigenvalue weighted by Crippen LogP contribution is -2.33. The molecule has 1 amide bonds.